The summed E-state index contributed by atoms with van der Waals surface area (Å²) in [6.07, 6.45) is 5.83. The highest BCUT2D eigenvalue weighted by atomic mass is 15.2. The third-order valence-corrected chi connectivity index (χ3v) is 3.51. The van der Waals surface area contributed by atoms with Crippen molar-refractivity contribution >= 4 is 0 Å². The first-order valence-electron chi connectivity index (χ1n) is 6.60. The number of nitrogens with zero attached hydrogens (tertiary/aromatic N) is 1. The van der Waals surface area contributed by atoms with Crippen molar-refractivity contribution in [2.75, 3.05) is 19.6 Å². The standard InChI is InChI=1S/C13H26N2/c1-4-14-13(2,3)10-15(12-7-8-12)9-11-5-6-11/h11-12,14H,4-10H2,1-3H3. The summed E-state index contributed by atoms with van der Waals surface area (Å²) < 4.78 is 0. The molecule has 0 saturated heterocycles. The molecule has 0 bridgehead atoms. The number of rotatable bonds is 7. The topological polar surface area (TPSA) is 15.3 Å². The van der Waals surface area contributed by atoms with E-state index in [2.05, 4.69) is 31.0 Å². The lowest BCUT2D eigenvalue weighted by Crippen LogP contribution is -2.50. The normalized spacial score (nSPS) is 22.4. The number of hydrogen-bond donors (Lipinski definition) is 1. The maximum Gasteiger partial charge on any atom is 0.0252 e. The molecule has 0 aliphatic heterocycles. The van der Waals surface area contributed by atoms with Gasteiger partial charge in [-0.15, -0.1) is 0 Å². The Morgan fingerprint density at radius 2 is 1.87 bits per heavy atom. The monoisotopic (exact) mass is 210 g/mol. The van der Waals surface area contributed by atoms with Crippen molar-refractivity contribution in [2.24, 2.45) is 5.92 Å². The molecule has 0 heterocycles. The minimum absolute atomic E-state index is 0.284. The van der Waals surface area contributed by atoms with Crippen molar-refractivity contribution in [2.45, 2.75) is 58.0 Å². The predicted octanol–water partition coefficient (Wildman–Crippen LogP) is 2.25. The third-order valence-electron chi connectivity index (χ3n) is 3.51. The third kappa shape index (κ3) is 3.76. The SMILES string of the molecule is CCNC(C)(C)CN(CC1CC1)C1CC1. The Labute approximate surface area is 94.4 Å². The van der Waals surface area contributed by atoms with E-state index in [-0.39, 0.29) is 5.54 Å². The van der Waals surface area contributed by atoms with Crippen LogP contribution >= 0.6 is 0 Å². The molecule has 0 spiro atoms. The lowest BCUT2D eigenvalue weighted by Gasteiger charge is -2.33. The van der Waals surface area contributed by atoms with E-state index >= 15 is 0 Å². The molecule has 0 atom stereocenters. The van der Waals surface area contributed by atoms with Crippen molar-refractivity contribution < 1.29 is 0 Å². The average molecular weight is 210 g/mol. The lowest BCUT2D eigenvalue weighted by molar-refractivity contribution is 0.187. The molecule has 15 heavy (non-hydrogen) atoms. The molecule has 2 aliphatic carbocycles. The Bertz CT molecular complexity index is 205. The Kier molecular flexibility index (Phi) is 3.36. The van der Waals surface area contributed by atoms with E-state index in [9.17, 15) is 0 Å². The first kappa shape index (κ1) is 11.4. The van der Waals surface area contributed by atoms with E-state index < -0.39 is 0 Å². The largest absolute Gasteiger partial charge is 0.311 e. The van der Waals surface area contributed by atoms with Gasteiger partial charge < -0.3 is 5.32 Å². The molecule has 0 aromatic carbocycles. The van der Waals surface area contributed by atoms with Gasteiger partial charge in [0, 0.05) is 24.7 Å². The van der Waals surface area contributed by atoms with Crippen molar-refractivity contribution in [3.8, 4) is 0 Å². The quantitative estimate of drug-likeness (QED) is 0.693. The van der Waals surface area contributed by atoms with Crippen LogP contribution in [0.25, 0.3) is 0 Å². The average Bonchev–Trinajstić information content (AvgIpc) is 2.99. The summed E-state index contributed by atoms with van der Waals surface area (Å²) in [5.41, 5.74) is 0.284. The molecular formula is C13H26N2. The molecule has 88 valence electrons. The second kappa shape index (κ2) is 4.42. The van der Waals surface area contributed by atoms with Gasteiger partial charge in [0.25, 0.3) is 0 Å². The van der Waals surface area contributed by atoms with Gasteiger partial charge in [-0.25, -0.2) is 0 Å². The second-order valence-corrected chi connectivity index (χ2v) is 6.02. The van der Waals surface area contributed by atoms with E-state index in [0.29, 0.717) is 0 Å². The minimum atomic E-state index is 0.284. The second-order valence-electron chi connectivity index (χ2n) is 6.02. The van der Waals surface area contributed by atoms with E-state index in [0.717, 1.165) is 18.5 Å². The van der Waals surface area contributed by atoms with Crippen molar-refractivity contribution in [1.29, 1.82) is 0 Å². The predicted molar refractivity (Wildman–Crippen MR) is 65.1 cm³/mol. The van der Waals surface area contributed by atoms with Gasteiger partial charge in [0.05, 0.1) is 0 Å². The summed E-state index contributed by atoms with van der Waals surface area (Å²) in [6.45, 7) is 10.5. The zero-order valence-electron chi connectivity index (χ0n) is 10.6. The molecule has 1 N–H and O–H groups in total. The fraction of sp³-hybridized carbons (Fsp3) is 1.00. The van der Waals surface area contributed by atoms with Crippen LogP contribution in [0.5, 0.6) is 0 Å². The summed E-state index contributed by atoms with van der Waals surface area (Å²) in [4.78, 5) is 2.74. The van der Waals surface area contributed by atoms with Gasteiger partial charge >= 0.3 is 0 Å². The number of likely N-dealkylation sites (N-methyl/N-ethyl adjacent to an activating group) is 1. The molecule has 0 aromatic heterocycles. The van der Waals surface area contributed by atoms with Crippen LogP contribution in [0.4, 0.5) is 0 Å². The highest BCUT2D eigenvalue weighted by Gasteiger charge is 2.36. The van der Waals surface area contributed by atoms with Gasteiger partial charge in [0.1, 0.15) is 0 Å². The molecule has 2 saturated carbocycles. The lowest BCUT2D eigenvalue weighted by atomic mass is 10.0. The molecular weight excluding hydrogens is 184 g/mol. The van der Waals surface area contributed by atoms with E-state index in [4.69, 9.17) is 0 Å². The minimum Gasteiger partial charge on any atom is -0.311 e. The van der Waals surface area contributed by atoms with E-state index in [1.54, 1.807) is 0 Å². The van der Waals surface area contributed by atoms with Gasteiger partial charge in [0.15, 0.2) is 0 Å². The summed E-state index contributed by atoms with van der Waals surface area (Å²) in [7, 11) is 0. The van der Waals surface area contributed by atoms with Crippen LogP contribution in [0.1, 0.15) is 46.5 Å². The van der Waals surface area contributed by atoms with Gasteiger partial charge in [0.2, 0.25) is 0 Å². The van der Waals surface area contributed by atoms with Crippen LogP contribution in [0.3, 0.4) is 0 Å². The van der Waals surface area contributed by atoms with Crippen LogP contribution in [0, 0.1) is 5.92 Å². The Balaban J connectivity index is 1.81. The van der Waals surface area contributed by atoms with Gasteiger partial charge in [-0.1, -0.05) is 6.92 Å². The molecule has 0 radical (unpaired) electrons. The van der Waals surface area contributed by atoms with Crippen molar-refractivity contribution in [1.82, 2.24) is 10.2 Å². The van der Waals surface area contributed by atoms with Gasteiger partial charge in [-0.05, 0) is 52.0 Å². The summed E-state index contributed by atoms with van der Waals surface area (Å²) >= 11 is 0. The maximum absolute atomic E-state index is 3.59. The molecule has 0 unspecified atom stereocenters. The first-order chi connectivity index (χ1) is 7.11. The van der Waals surface area contributed by atoms with Crippen LogP contribution in [0.15, 0.2) is 0 Å². The van der Waals surface area contributed by atoms with Crippen molar-refractivity contribution in [3.63, 3.8) is 0 Å². The zero-order chi connectivity index (χ0) is 10.9. The van der Waals surface area contributed by atoms with Crippen LogP contribution in [0.2, 0.25) is 0 Å². The zero-order valence-corrected chi connectivity index (χ0v) is 10.6. The maximum atomic E-state index is 3.59. The fourth-order valence-corrected chi connectivity index (χ4v) is 2.46. The molecule has 2 rings (SSSR count). The molecule has 2 heteroatoms. The summed E-state index contributed by atoms with van der Waals surface area (Å²) in [5.74, 6) is 1.03. The van der Waals surface area contributed by atoms with E-state index in [1.807, 2.05) is 0 Å². The Morgan fingerprint density at radius 1 is 1.20 bits per heavy atom. The molecule has 2 fully saturated rings. The fourth-order valence-electron chi connectivity index (χ4n) is 2.46. The van der Waals surface area contributed by atoms with Crippen molar-refractivity contribution in [3.05, 3.63) is 0 Å². The Hall–Kier alpha value is -0.0800. The molecule has 0 amide bonds. The van der Waals surface area contributed by atoms with Gasteiger partial charge in [-0.3, -0.25) is 4.90 Å². The smallest absolute Gasteiger partial charge is 0.0252 e. The van der Waals surface area contributed by atoms with Crippen LogP contribution < -0.4 is 5.32 Å². The molecule has 0 aromatic rings. The van der Waals surface area contributed by atoms with Crippen LogP contribution in [-0.4, -0.2) is 36.1 Å². The molecule has 2 aliphatic rings. The highest BCUT2D eigenvalue weighted by molar-refractivity contribution is 4.92. The highest BCUT2D eigenvalue weighted by Crippen LogP contribution is 2.35. The number of hydrogen-bond acceptors (Lipinski definition) is 2. The van der Waals surface area contributed by atoms with Crippen LogP contribution in [-0.2, 0) is 0 Å². The first-order valence-corrected chi connectivity index (χ1v) is 6.60. The van der Waals surface area contributed by atoms with E-state index in [1.165, 1.54) is 38.8 Å². The Morgan fingerprint density at radius 3 is 2.33 bits per heavy atom. The molecule has 2 nitrogen and oxygen atoms in total. The summed E-state index contributed by atoms with van der Waals surface area (Å²) in [5, 5.41) is 3.59. The van der Waals surface area contributed by atoms with Gasteiger partial charge in [-0.2, -0.15) is 0 Å². The summed E-state index contributed by atoms with van der Waals surface area (Å²) in [6, 6.07) is 0.920. The number of nitrogens with one attached hydrogen (secondary N) is 1.